The Morgan fingerprint density at radius 3 is 2.32 bits per heavy atom. The molecule has 1 heterocycles. The third-order valence-corrected chi connectivity index (χ3v) is 4.22. The molecule has 2 aromatic carbocycles. The van der Waals surface area contributed by atoms with Crippen molar-refractivity contribution in [2.24, 2.45) is 5.10 Å². The molecule has 0 radical (unpaired) electrons. The minimum Gasteiger partial charge on any atom is -0.497 e. The average molecular weight is 418 g/mol. The van der Waals surface area contributed by atoms with Crippen molar-refractivity contribution in [3.05, 3.63) is 89.7 Å². The number of aromatic nitrogens is 1. The van der Waals surface area contributed by atoms with Gasteiger partial charge in [0.1, 0.15) is 11.5 Å². The van der Waals surface area contributed by atoms with Crippen LogP contribution in [0.1, 0.15) is 21.5 Å². The molecule has 0 saturated heterocycles. The summed E-state index contributed by atoms with van der Waals surface area (Å²) in [7, 11) is 1.61. The summed E-state index contributed by atoms with van der Waals surface area (Å²) in [5, 5.41) is 6.73. The van der Waals surface area contributed by atoms with Crippen LogP contribution >= 0.6 is 0 Å². The van der Waals surface area contributed by atoms with Crippen LogP contribution in [0, 0.1) is 0 Å². The summed E-state index contributed by atoms with van der Waals surface area (Å²) in [5.41, 5.74) is 4.66. The van der Waals surface area contributed by atoms with Gasteiger partial charge in [-0.05, 0) is 59.7 Å². The van der Waals surface area contributed by atoms with Gasteiger partial charge in [0, 0.05) is 24.5 Å². The molecule has 0 atom stereocenters. The van der Waals surface area contributed by atoms with Crippen molar-refractivity contribution < 1.29 is 19.1 Å². The zero-order chi connectivity index (χ0) is 21.9. The minimum atomic E-state index is -0.320. The fraction of sp³-hybridized carbons (Fsp3) is 0.130. The number of benzene rings is 2. The Labute approximate surface area is 179 Å². The zero-order valence-corrected chi connectivity index (χ0v) is 16.9. The first-order chi connectivity index (χ1) is 15.1. The molecule has 2 N–H and O–H groups in total. The second-order valence-corrected chi connectivity index (χ2v) is 6.42. The van der Waals surface area contributed by atoms with Gasteiger partial charge in [-0.15, -0.1) is 0 Å². The predicted octanol–water partition coefficient (Wildman–Crippen LogP) is 2.55. The van der Waals surface area contributed by atoms with E-state index in [2.05, 4.69) is 20.8 Å². The van der Waals surface area contributed by atoms with Crippen LogP contribution < -0.4 is 20.2 Å². The Balaban J connectivity index is 1.40. The first-order valence-electron chi connectivity index (χ1n) is 9.50. The number of amides is 2. The monoisotopic (exact) mass is 418 g/mol. The van der Waals surface area contributed by atoms with Gasteiger partial charge in [-0.3, -0.25) is 14.6 Å². The number of carbonyl (C=O) groups is 2. The van der Waals surface area contributed by atoms with E-state index < -0.39 is 0 Å². The molecule has 0 spiro atoms. The molecule has 2 amide bonds. The number of pyridine rings is 1. The summed E-state index contributed by atoms with van der Waals surface area (Å²) in [4.78, 5) is 27.7. The van der Waals surface area contributed by atoms with E-state index in [1.165, 1.54) is 18.6 Å². The van der Waals surface area contributed by atoms with Crippen molar-refractivity contribution >= 4 is 18.0 Å². The van der Waals surface area contributed by atoms with Crippen molar-refractivity contribution in [2.75, 3.05) is 13.7 Å². The molecule has 3 aromatic rings. The maximum Gasteiger partial charge on any atom is 0.271 e. The Bertz CT molecular complexity index is 1020. The van der Waals surface area contributed by atoms with Crippen molar-refractivity contribution in [3.8, 4) is 11.5 Å². The fourth-order valence-electron chi connectivity index (χ4n) is 2.53. The summed E-state index contributed by atoms with van der Waals surface area (Å²) in [5.74, 6) is 0.778. The first-order valence-corrected chi connectivity index (χ1v) is 9.50. The number of hydrazone groups is 1. The molecule has 1 aromatic heterocycles. The van der Waals surface area contributed by atoms with E-state index in [1.807, 2.05) is 24.3 Å². The number of nitrogens with zero attached hydrogens (tertiary/aromatic N) is 2. The molecule has 3 rings (SSSR count). The largest absolute Gasteiger partial charge is 0.497 e. The van der Waals surface area contributed by atoms with Crippen LogP contribution in [0.15, 0.2) is 78.2 Å². The Kier molecular flexibility index (Phi) is 7.70. The normalized spacial score (nSPS) is 10.5. The maximum absolute atomic E-state index is 12.0. The van der Waals surface area contributed by atoms with Gasteiger partial charge in [0.15, 0.2) is 6.61 Å². The SMILES string of the molecule is COc1ccc(CNC(=O)COc2ccc(/C=N/NC(=O)c3ccncc3)cc2)cc1. The Morgan fingerprint density at radius 2 is 1.65 bits per heavy atom. The number of hydrogen-bond donors (Lipinski definition) is 2. The van der Waals surface area contributed by atoms with Gasteiger partial charge in [0.2, 0.25) is 0 Å². The summed E-state index contributed by atoms with van der Waals surface area (Å²) in [6.45, 7) is 0.318. The third kappa shape index (κ3) is 6.97. The van der Waals surface area contributed by atoms with Crippen LogP contribution in [-0.2, 0) is 11.3 Å². The lowest BCUT2D eigenvalue weighted by Gasteiger charge is -2.08. The highest BCUT2D eigenvalue weighted by Crippen LogP contribution is 2.12. The Hall–Kier alpha value is -4.20. The topological polar surface area (TPSA) is 102 Å². The molecular weight excluding hydrogens is 396 g/mol. The fourth-order valence-corrected chi connectivity index (χ4v) is 2.53. The molecule has 8 nitrogen and oxygen atoms in total. The highest BCUT2D eigenvalue weighted by molar-refractivity contribution is 5.94. The molecule has 0 fully saturated rings. The molecule has 0 aliphatic heterocycles. The van der Waals surface area contributed by atoms with E-state index in [0.29, 0.717) is 17.9 Å². The van der Waals surface area contributed by atoms with Crippen molar-refractivity contribution in [1.29, 1.82) is 0 Å². The summed E-state index contributed by atoms with van der Waals surface area (Å²) < 4.78 is 10.6. The summed E-state index contributed by atoms with van der Waals surface area (Å²) in [6.07, 6.45) is 4.60. The van der Waals surface area contributed by atoms with Gasteiger partial charge in [-0.1, -0.05) is 12.1 Å². The Morgan fingerprint density at radius 1 is 0.968 bits per heavy atom. The van der Waals surface area contributed by atoms with Crippen LogP contribution in [0.3, 0.4) is 0 Å². The lowest BCUT2D eigenvalue weighted by Crippen LogP contribution is -2.28. The molecule has 0 bridgehead atoms. The second-order valence-electron chi connectivity index (χ2n) is 6.42. The highest BCUT2D eigenvalue weighted by atomic mass is 16.5. The van der Waals surface area contributed by atoms with Gasteiger partial charge in [0.05, 0.1) is 13.3 Å². The maximum atomic E-state index is 12.0. The number of nitrogens with one attached hydrogen (secondary N) is 2. The van der Waals surface area contributed by atoms with Crippen LogP contribution in [0.2, 0.25) is 0 Å². The van der Waals surface area contributed by atoms with E-state index in [1.54, 1.807) is 43.5 Å². The second kappa shape index (κ2) is 11.1. The number of rotatable bonds is 9. The van der Waals surface area contributed by atoms with Gasteiger partial charge in [0.25, 0.3) is 11.8 Å². The predicted molar refractivity (Wildman–Crippen MR) is 116 cm³/mol. The van der Waals surface area contributed by atoms with E-state index in [-0.39, 0.29) is 18.4 Å². The third-order valence-electron chi connectivity index (χ3n) is 4.22. The van der Waals surface area contributed by atoms with Crippen LogP contribution in [0.4, 0.5) is 0 Å². The van der Waals surface area contributed by atoms with Gasteiger partial charge in [-0.2, -0.15) is 5.10 Å². The van der Waals surface area contributed by atoms with E-state index in [9.17, 15) is 9.59 Å². The molecule has 8 heteroatoms. The molecule has 31 heavy (non-hydrogen) atoms. The molecule has 0 aliphatic carbocycles. The van der Waals surface area contributed by atoms with Crippen LogP contribution in [-0.4, -0.2) is 36.7 Å². The number of hydrogen-bond acceptors (Lipinski definition) is 6. The molecule has 0 saturated carbocycles. The quantitative estimate of drug-likeness (QED) is 0.411. The molecule has 0 unspecified atom stereocenters. The van der Waals surface area contributed by atoms with Crippen LogP contribution in [0.5, 0.6) is 11.5 Å². The minimum absolute atomic E-state index is 0.0917. The van der Waals surface area contributed by atoms with Gasteiger partial charge in [-0.25, -0.2) is 5.43 Å². The number of ether oxygens (including phenoxy) is 2. The molecule has 158 valence electrons. The first kappa shape index (κ1) is 21.5. The van der Waals surface area contributed by atoms with Crippen molar-refractivity contribution in [2.45, 2.75) is 6.54 Å². The lowest BCUT2D eigenvalue weighted by molar-refractivity contribution is -0.123. The number of carbonyl (C=O) groups excluding carboxylic acids is 2. The van der Waals surface area contributed by atoms with E-state index >= 15 is 0 Å². The lowest BCUT2D eigenvalue weighted by atomic mass is 10.2. The summed E-state index contributed by atoms with van der Waals surface area (Å²) >= 11 is 0. The summed E-state index contributed by atoms with van der Waals surface area (Å²) in [6, 6.07) is 17.7. The van der Waals surface area contributed by atoms with E-state index in [0.717, 1.165) is 16.9 Å². The van der Waals surface area contributed by atoms with Gasteiger partial charge < -0.3 is 14.8 Å². The molecular formula is C23H22N4O4. The average Bonchev–Trinajstić information content (AvgIpc) is 2.83. The highest BCUT2D eigenvalue weighted by Gasteiger charge is 2.04. The van der Waals surface area contributed by atoms with Gasteiger partial charge >= 0.3 is 0 Å². The molecule has 0 aliphatic rings. The smallest absolute Gasteiger partial charge is 0.271 e. The number of methoxy groups -OCH3 is 1. The van der Waals surface area contributed by atoms with E-state index in [4.69, 9.17) is 9.47 Å². The van der Waals surface area contributed by atoms with Crippen LogP contribution in [0.25, 0.3) is 0 Å². The zero-order valence-electron chi connectivity index (χ0n) is 16.9. The van der Waals surface area contributed by atoms with Crippen molar-refractivity contribution in [3.63, 3.8) is 0 Å². The standard InChI is InChI=1S/C23H22N4O4/c1-30-20-6-2-17(3-7-20)14-25-22(28)16-31-21-8-4-18(5-9-21)15-26-27-23(29)19-10-12-24-13-11-19/h2-13,15H,14,16H2,1H3,(H,25,28)(H,27,29)/b26-15+. The van der Waals surface area contributed by atoms with Crippen molar-refractivity contribution in [1.82, 2.24) is 15.7 Å².